The summed E-state index contributed by atoms with van der Waals surface area (Å²) in [4.78, 5) is 17.4. The number of nitrogens with one attached hydrogen (secondary N) is 1. The molecule has 0 aliphatic rings. The Morgan fingerprint density at radius 2 is 2.05 bits per heavy atom. The highest BCUT2D eigenvalue weighted by Crippen LogP contribution is 2.31. The Kier molecular flexibility index (Phi) is 3.88. The molecule has 1 aromatic carbocycles. The highest BCUT2D eigenvalue weighted by atomic mass is 32.1. The van der Waals surface area contributed by atoms with Crippen LogP contribution >= 0.6 is 11.3 Å². The molecule has 3 rings (SSSR count). The fourth-order valence-electron chi connectivity index (χ4n) is 1.96. The summed E-state index contributed by atoms with van der Waals surface area (Å²) in [6.45, 7) is 1.96. The summed E-state index contributed by atoms with van der Waals surface area (Å²) < 4.78 is 9.96. The van der Waals surface area contributed by atoms with E-state index in [0.717, 1.165) is 21.9 Å². The molecule has 2 heterocycles. The van der Waals surface area contributed by atoms with Crippen LogP contribution in [-0.4, -0.2) is 23.2 Å². The van der Waals surface area contributed by atoms with E-state index in [0.29, 0.717) is 5.13 Å². The fraction of sp³-hybridized carbons (Fsp3) is 0.133. The first kappa shape index (κ1) is 14.3. The first-order valence-corrected chi connectivity index (χ1v) is 7.33. The van der Waals surface area contributed by atoms with Crippen LogP contribution in [0.2, 0.25) is 0 Å². The molecule has 1 N–H and O–H groups in total. The van der Waals surface area contributed by atoms with Crippen molar-refractivity contribution in [2.45, 2.75) is 6.92 Å². The van der Waals surface area contributed by atoms with Crippen LogP contribution in [0.1, 0.15) is 15.4 Å². The molecule has 0 unspecified atom stereocenters. The van der Waals surface area contributed by atoms with Crippen molar-refractivity contribution < 1.29 is 14.1 Å². The lowest BCUT2D eigenvalue weighted by molar-refractivity contribution is 0.0988. The van der Waals surface area contributed by atoms with Crippen molar-refractivity contribution in [3.63, 3.8) is 0 Å². The molecule has 6 nitrogen and oxygen atoms in total. The third-order valence-electron chi connectivity index (χ3n) is 3.04. The highest BCUT2D eigenvalue weighted by Gasteiger charge is 2.15. The SMILES string of the molecule is COc1ccc(-c2nc(NC(=O)c3ccno3)sc2C)cc1. The molecule has 0 spiro atoms. The minimum atomic E-state index is -0.368. The molecule has 22 heavy (non-hydrogen) atoms. The Morgan fingerprint density at radius 1 is 1.27 bits per heavy atom. The van der Waals surface area contributed by atoms with E-state index in [-0.39, 0.29) is 11.7 Å². The van der Waals surface area contributed by atoms with Gasteiger partial charge in [-0.05, 0) is 31.2 Å². The van der Waals surface area contributed by atoms with Gasteiger partial charge in [0.2, 0.25) is 5.76 Å². The second-order valence-electron chi connectivity index (χ2n) is 4.48. The molecule has 0 fully saturated rings. The standard InChI is InChI=1S/C15H13N3O3S/c1-9-13(10-3-5-11(20-2)6-4-10)17-15(22-9)18-14(19)12-7-8-16-21-12/h3-8H,1-2H3,(H,17,18,19). The maximum Gasteiger partial charge on any atom is 0.296 e. The van der Waals surface area contributed by atoms with Crippen molar-refractivity contribution in [2.75, 3.05) is 12.4 Å². The van der Waals surface area contributed by atoms with Gasteiger partial charge in [0.05, 0.1) is 19.0 Å². The zero-order valence-electron chi connectivity index (χ0n) is 12.0. The quantitative estimate of drug-likeness (QED) is 0.798. The van der Waals surface area contributed by atoms with E-state index in [4.69, 9.17) is 9.26 Å². The van der Waals surface area contributed by atoms with E-state index >= 15 is 0 Å². The van der Waals surface area contributed by atoms with E-state index < -0.39 is 0 Å². The molecule has 0 radical (unpaired) electrons. The number of amides is 1. The minimum absolute atomic E-state index is 0.152. The maximum atomic E-state index is 11.9. The molecular formula is C15H13N3O3S. The number of hydrogen-bond donors (Lipinski definition) is 1. The Hall–Kier alpha value is -2.67. The number of benzene rings is 1. The van der Waals surface area contributed by atoms with Crippen molar-refractivity contribution >= 4 is 22.4 Å². The zero-order valence-corrected chi connectivity index (χ0v) is 12.8. The van der Waals surface area contributed by atoms with E-state index in [9.17, 15) is 4.79 Å². The largest absolute Gasteiger partial charge is 0.497 e. The van der Waals surface area contributed by atoms with Gasteiger partial charge in [-0.15, -0.1) is 11.3 Å². The van der Waals surface area contributed by atoms with E-state index in [2.05, 4.69) is 15.5 Å². The van der Waals surface area contributed by atoms with Gasteiger partial charge in [-0.1, -0.05) is 5.16 Å². The molecule has 0 aliphatic heterocycles. The van der Waals surface area contributed by atoms with Crippen LogP contribution < -0.4 is 10.1 Å². The maximum absolute atomic E-state index is 11.9. The predicted molar refractivity (Wildman–Crippen MR) is 83.3 cm³/mol. The average molecular weight is 315 g/mol. The molecule has 7 heteroatoms. The lowest BCUT2D eigenvalue weighted by Crippen LogP contribution is -2.10. The molecule has 0 atom stereocenters. The molecule has 0 saturated heterocycles. The molecule has 1 amide bonds. The second kappa shape index (κ2) is 5.98. The molecule has 112 valence electrons. The number of carbonyl (C=O) groups is 1. The Morgan fingerprint density at radius 3 is 2.68 bits per heavy atom. The molecule has 0 aliphatic carbocycles. The predicted octanol–water partition coefficient (Wildman–Crippen LogP) is 3.37. The van der Waals surface area contributed by atoms with Crippen molar-refractivity contribution in [3.8, 4) is 17.0 Å². The summed E-state index contributed by atoms with van der Waals surface area (Å²) >= 11 is 1.41. The van der Waals surface area contributed by atoms with Crippen LogP contribution in [0.5, 0.6) is 5.75 Å². The van der Waals surface area contributed by atoms with Gasteiger partial charge >= 0.3 is 0 Å². The third-order valence-corrected chi connectivity index (χ3v) is 3.93. The number of aromatic nitrogens is 2. The average Bonchev–Trinajstić information content (AvgIpc) is 3.17. The summed E-state index contributed by atoms with van der Waals surface area (Å²) in [6.07, 6.45) is 1.42. The number of nitrogens with zero attached hydrogens (tertiary/aromatic N) is 2. The summed E-state index contributed by atoms with van der Waals surface area (Å²) in [6, 6.07) is 9.12. The lowest BCUT2D eigenvalue weighted by atomic mass is 10.1. The fourth-order valence-corrected chi connectivity index (χ4v) is 2.79. The first-order chi connectivity index (χ1) is 10.7. The summed E-state index contributed by atoms with van der Waals surface area (Å²) in [5, 5.41) is 6.73. The van der Waals surface area contributed by atoms with Crippen molar-refractivity contribution in [1.82, 2.24) is 10.1 Å². The van der Waals surface area contributed by atoms with Crippen molar-refractivity contribution in [2.24, 2.45) is 0 Å². The van der Waals surface area contributed by atoms with Gasteiger partial charge in [0.1, 0.15) is 5.75 Å². The van der Waals surface area contributed by atoms with E-state index in [1.54, 1.807) is 7.11 Å². The monoisotopic (exact) mass is 315 g/mol. The lowest BCUT2D eigenvalue weighted by Gasteiger charge is -2.01. The summed E-state index contributed by atoms with van der Waals surface area (Å²) in [5.74, 6) is 0.571. The van der Waals surface area contributed by atoms with Crippen LogP contribution in [0.15, 0.2) is 41.1 Å². The van der Waals surface area contributed by atoms with Gasteiger partial charge in [0.25, 0.3) is 5.91 Å². The molecular weight excluding hydrogens is 302 g/mol. The number of hydrogen-bond acceptors (Lipinski definition) is 6. The van der Waals surface area contributed by atoms with Crippen LogP contribution in [0.3, 0.4) is 0 Å². The van der Waals surface area contributed by atoms with Crippen molar-refractivity contribution in [3.05, 3.63) is 47.2 Å². The number of carbonyl (C=O) groups excluding carboxylic acids is 1. The third kappa shape index (κ3) is 2.84. The van der Waals surface area contributed by atoms with E-state index in [1.165, 1.54) is 23.6 Å². The van der Waals surface area contributed by atoms with Gasteiger partial charge in [0, 0.05) is 16.5 Å². The number of aryl methyl sites for hydroxylation is 1. The van der Waals surface area contributed by atoms with Gasteiger partial charge in [-0.2, -0.15) is 0 Å². The number of ether oxygens (including phenoxy) is 1. The van der Waals surface area contributed by atoms with Crippen LogP contribution in [-0.2, 0) is 0 Å². The molecule has 0 saturated carbocycles. The number of anilines is 1. The van der Waals surface area contributed by atoms with Gasteiger partial charge in [-0.3, -0.25) is 10.1 Å². The van der Waals surface area contributed by atoms with E-state index in [1.807, 2.05) is 31.2 Å². The summed E-state index contributed by atoms with van der Waals surface area (Å²) in [7, 11) is 1.63. The zero-order chi connectivity index (χ0) is 15.5. The minimum Gasteiger partial charge on any atom is -0.497 e. The van der Waals surface area contributed by atoms with Crippen LogP contribution in [0.25, 0.3) is 11.3 Å². The van der Waals surface area contributed by atoms with Gasteiger partial charge in [-0.25, -0.2) is 4.98 Å². The number of rotatable bonds is 4. The summed E-state index contributed by atoms with van der Waals surface area (Å²) in [5.41, 5.74) is 1.80. The molecule has 0 bridgehead atoms. The topological polar surface area (TPSA) is 77.2 Å². The van der Waals surface area contributed by atoms with Crippen molar-refractivity contribution in [1.29, 1.82) is 0 Å². The Bertz CT molecular complexity index is 779. The van der Waals surface area contributed by atoms with Gasteiger partial charge in [0.15, 0.2) is 5.13 Å². The molecule has 3 aromatic rings. The first-order valence-electron chi connectivity index (χ1n) is 6.51. The Balaban J connectivity index is 1.82. The van der Waals surface area contributed by atoms with Crippen LogP contribution in [0.4, 0.5) is 5.13 Å². The van der Waals surface area contributed by atoms with Gasteiger partial charge < -0.3 is 9.26 Å². The molecule has 2 aromatic heterocycles. The van der Waals surface area contributed by atoms with Crippen LogP contribution in [0, 0.1) is 6.92 Å². The second-order valence-corrected chi connectivity index (χ2v) is 5.69. The number of thiazole rings is 1. The smallest absolute Gasteiger partial charge is 0.296 e. The highest BCUT2D eigenvalue weighted by molar-refractivity contribution is 7.16. The number of methoxy groups -OCH3 is 1. The Labute approximate surface area is 130 Å². The normalized spacial score (nSPS) is 10.5.